The van der Waals surface area contributed by atoms with E-state index >= 15 is 0 Å². The van der Waals surface area contributed by atoms with Crippen LogP contribution >= 0.6 is 23.2 Å². The van der Waals surface area contributed by atoms with Gasteiger partial charge in [0, 0.05) is 5.56 Å². The van der Waals surface area contributed by atoms with Gasteiger partial charge in [0.25, 0.3) is 0 Å². The van der Waals surface area contributed by atoms with Crippen LogP contribution in [0.1, 0.15) is 16.7 Å². The normalized spacial score (nSPS) is 8.62. The van der Waals surface area contributed by atoms with Gasteiger partial charge in [-0.2, -0.15) is 0 Å². The van der Waals surface area contributed by atoms with Gasteiger partial charge in [0.05, 0.1) is 0 Å². The Hall–Kier alpha value is 0.824. The first-order valence-corrected chi connectivity index (χ1v) is 5.93. The molecule has 0 unspecified atom stereocenters. The summed E-state index contributed by atoms with van der Waals surface area (Å²) < 4.78 is 0. The van der Waals surface area contributed by atoms with Crippen molar-refractivity contribution in [2.45, 2.75) is 20.8 Å². The van der Waals surface area contributed by atoms with Crippen LogP contribution in [0.3, 0.4) is 0 Å². The van der Waals surface area contributed by atoms with Crippen molar-refractivity contribution in [2.75, 3.05) is 0 Å². The Labute approximate surface area is 176 Å². The number of nitrogens with zero attached hydrogens (tertiary/aromatic N) is 2. The molecule has 1 aromatic carbocycles. The van der Waals surface area contributed by atoms with Crippen molar-refractivity contribution in [3.8, 4) is 11.4 Å². The molecule has 0 amide bonds. The molecule has 0 aliphatic carbocycles. The molecule has 0 saturated carbocycles. The maximum absolute atomic E-state index is 5.84. The van der Waals surface area contributed by atoms with E-state index in [9.17, 15) is 0 Å². The zero-order valence-electron chi connectivity index (χ0n) is 12.3. The van der Waals surface area contributed by atoms with Crippen LogP contribution in [0.4, 0.5) is 0 Å². The van der Waals surface area contributed by atoms with Gasteiger partial charge in [0.1, 0.15) is 0 Å². The van der Waals surface area contributed by atoms with Gasteiger partial charge >= 0.3 is 41.9 Å². The average molecular weight is 368 g/mol. The zero-order valence-corrected chi connectivity index (χ0v) is 16.7. The predicted molar refractivity (Wildman–Crippen MR) is 76.3 cm³/mol. The topological polar surface area (TPSA) is 25.8 Å². The summed E-state index contributed by atoms with van der Waals surface area (Å²) in [4.78, 5) is 8.34. The van der Waals surface area contributed by atoms with Crippen LogP contribution in [0.25, 0.3) is 11.4 Å². The summed E-state index contributed by atoms with van der Waals surface area (Å²) in [7, 11) is 0. The third-order valence-corrected chi connectivity index (χ3v) is 2.87. The maximum Gasteiger partial charge on any atom is 2.00 e. The van der Waals surface area contributed by atoms with Gasteiger partial charge in [-0.1, -0.05) is 17.7 Å². The Bertz CT molecular complexity index is 553. The van der Waals surface area contributed by atoms with Gasteiger partial charge in [-0.05, 0) is 42.2 Å². The number of aromatic nitrogens is 2. The molecule has 0 saturated heterocycles. The van der Waals surface area contributed by atoms with Gasteiger partial charge < -0.3 is 30.9 Å². The molecule has 0 bridgehead atoms. The first-order valence-electron chi connectivity index (χ1n) is 5.18. The number of hydrogen-bond donors (Lipinski definition) is 0. The summed E-state index contributed by atoms with van der Waals surface area (Å²) >= 11 is 11.7. The maximum atomic E-state index is 5.84. The molecule has 21 heavy (non-hydrogen) atoms. The van der Waals surface area contributed by atoms with E-state index in [0.29, 0.717) is 5.82 Å². The monoisotopic (exact) mass is 366 g/mol. The molecule has 1 heterocycles. The third kappa shape index (κ3) is 6.85. The van der Waals surface area contributed by atoms with E-state index in [1.165, 1.54) is 5.56 Å². The smallest absolute Gasteiger partial charge is 1.00 e. The molecular weight excluding hydrogens is 357 g/mol. The number of halogens is 4. The summed E-state index contributed by atoms with van der Waals surface area (Å²) in [6.07, 6.45) is 0. The second-order valence-corrected chi connectivity index (χ2v) is 4.74. The molecule has 2 nitrogen and oxygen atoms in total. The molecule has 0 atom stereocenters. The van der Waals surface area contributed by atoms with Crippen LogP contribution in [0, 0.1) is 26.8 Å². The van der Waals surface area contributed by atoms with Crippen LogP contribution in [0.5, 0.6) is 0 Å². The minimum absolute atomic E-state index is 0. The number of aryl methyl sites for hydroxylation is 3. The van der Waals surface area contributed by atoms with Crippen LogP contribution in [0.2, 0.25) is 10.3 Å². The van der Waals surface area contributed by atoms with Crippen LogP contribution in [-0.4, -0.2) is 33.0 Å². The van der Waals surface area contributed by atoms with E-state index in [1.54, 1.807) is 0 Å². The fourth-order valence-corrected chi connectivity index (χ4v) is 2.38. The standard InChI is InChI=1S/C13H11Cl2N2.2ClH.Li.Mg/c1-7-4-8(2)12(9(3)5-7)13-16-10(14)6-11(15)17-13;;;;/h4-5H,1-3H3;2*1H;;/q-1;;;+1;+2/p-2. The van der Waals surface area contributed by atoms with Crippen LogP contribution in [-0.2, 0) is 0 Å². The zero-order chi connectivity index (χ0) is 12.6. The number of hydrogen-bond acceptors (Lipinski definition) is 2. The fraction of sp³-hybridized carbons (Fsp3) is 0.231. The second-order valence-electron chi connectivity index (χ2n) is 4.03. The van der Waals surface area contributed by atoms with Crippen molar-refractivity contribution in [1.82, 2.24) is 9.97 Å². The summed E-state index contributed by atoms with van der Waals surface area (Å²) in [5, 5.41) is 0.471. The summed E-state index contributed by atoms with van der Waals surface area (Å²) in [5.41, 5.74) is 4.42. The summed E-state index contributed by atoms with van der Waals surface area (Å²) in [6, 6.07) is 6.81. The van der Waals surface area contributed by atoms with Crippen molar-refractivity contribution in [1.29, 1.82) is 0 Å². The fourth-order valence-electron chi connectivity index (χ4n) is 2.00. The third-order valence-electron chi connectivity index (χ3n) is 2.52. The molecule has 8 heteroatoms. The molecular formula is C13H11Cl4LiMgN2. The van der Waals surface area contributed by atoms with Crippen LogP contribution in [0.15, 0.2) is 12.1 Å². The van der Waals surface area contributed by atoms with Crippen molar-refractivity contribution in [3.63, 3.8) is 0 Å². The van der Waals surface area contributed by atoms with E-state index in [2.05, 4.69) is 35.1 Å². The van der Waals surface area contributed by atoms with Crippen molar-refractivity contribution >= 4 is 46.3 Å². The van der Waals surface area contributed by atoms with Crippen molar-refractivity contribution in [2.24, 2.45) is 0 Å². The minimum Gasteiger partial charge on any atom is -1.00 e. The molecule has 0 spiro atoms. The molecule has 0 N–H and O–H groups in total. The quantitative estimate of drug-likeness (QED) is 0.286. The van der Waals surface area contributed by atoms with Gasteiger partial charge in [-0.25, -0.2) is 0 Å². The first-order chi connectivity index (χ1) is 7.97. The van der Waals surface area contributed by atoms with Gasteiger partial charge in [0.15, 0.2) is 5.82 Å². The minimum atomic E-state index is 0. The van der Waals surface area contributed by atoms with E-state index in [1.807, 2.05) is 13.8 Å². The molecule has 104 valence electrons. The van der Waals surface area contributed by atoms with Crippen molar-refractivity contribution in [3.05, 3.63) is 45.2 Å². The Morgan fingerprint density at radius 3 is 1.67 bits per heavy atom. The molecule has 0 aliphatic rings. The molecule has 0 aliphatic heterocycles. The van der Waals surface area contributed by atoms with Gasteiger partial charge in [0.2, 0.25) is 0 Å². The van der Waals surface area contributed by atoms with Crippen molar-refractivity contribution < 1.29 is 43.7 Å². The molecule has 0 fully saturated rings. The Morgan fingerprint density at radius 1 is 0.905 bits per heavy atom. The molecule has 2 rings (SSSR count). The Morgan fingerprint density at radius 2 is 1.29 bits per heavy atom. The SMILES string of the molecule is Cc1cc(C)c(-c2nc(Cl)[c-]c(Cl)n2)c(C)c1.[Cl-].[Cl-].[Li+].[Mg+2]. The van der Waals surface area contributed by atoms with E-state index in [0.717, 1.165) is 16.7 Å². The predicted octanol–water partition coefficient (Wildman–Crippen LogP) is -5.19. The van der Waals surface area contributed by atoms with Gasteiger partial charge in [-0.3, -0.25) is 9.97 Å². The average Bonchev–Trinajstić information content (AvgIpc) is 2.13. The molecule has 2 aromatic rings. The van der Waals surface area contributed by atoms with E-state index in [4.69, 9.17) is 23.2 Å². The van der Waals surface area contributed by atoms with E-state index in [-0.39, 0.29) is 77.0 Å². The number of benzene rings is 1. The Kier molecular flexibility index (Phi) is 14.5. The van der Waals surface area contributed by atoms with Gasteiger partial charge in [-0.15, -0.1) is 23.2 Å². The van der Waals surface area contributed by atoms with Crippen LogP contribution < -0.4 is 43.7 Å². The molecule has 0 radical (unpaired) electrons. The summed E-state index contributed by atoms with van der Waals surface area (Å²) in [5.74, 6) is 0.550. The number of rotatable bonds is 1. The van der Waals surface area contributed by atoms with E-state index < -0.39 is 0 Å². The second kappa shape index (κ2) is 11.4. The Balaban J connectivity index is -0.000000810. The first kappa shape index (κ1) is 26.7. The largest absolute Gasteiger partial charge is 2.00 e. The summed E-state index contributed by atoms with van der Waals surface area (Å²) in [6.45, 7) is 6.11. The molecule has 1 aromatic heterocycles.